The minimum Gasteiger partial charge on any atom is -0.475 e. The number of anilines is 1. The van der Waals surface area contributed by atoms with Crippen LogP contribution in [0.2, 0.25) is 0 Å². The molecule has 1 unspecified atom stereocenters. The molecule has 0 aliphatic carbocycles. The predicted octanol–water partition coefficient (Wildman–Crippen LogP) is 7.06. The number of benzene rings is 2. The van der Waals surface area contributed by atoms with Crippen LogP contribution in [0.3, 0.4) is 0 Å². The molecule has 2 aromatic carbocycles. The summed E-state index contributed by atoms with van der Waals surface area (Å²) < 4.78 is 37.7. The number of carboxylic acids is 1. The molecule has 0 aliphatic rings. The van der Waals surface area contributed by atoms with E-state index in [9.17, 15) is 22.8 Å². The highest BCUT2D eigenvalue weighted by molar-refractivity contribution is 6.10. The van der Waals surface area contributed by atoms with Gasteiger partial charge in [-0.15, -0.1) is 0 Å². The van der Waals surface area contributed by atoms with Gasteiger partial charge in [0.15, 0.2) is 5.76 Å². The van der Waals surface area contributed by atoms with Gasteiger partial charge < -0.3 is 14.8 Å². The van der Waals surface area contributed by atoms with Crippen molar-refractivity contribution in [2.45, 2.75) is 64.7 Å². The van der Waals surface area contributed by atoms with E-state index < -0.39 is 29.6 Å². The number of furan rings is 1. The Morgan fingerprint density at radius 3 is 2.00 bits per heavy atom. The number of carbonyl (C=O) groups is 3. The van der Waals surface area contributed by atoms with Gasteiger partial charge in [-0.3, -0.25) is 19.5 Å². The number of carboxylic acid groups (broad SMARTS) is 1. The van der Waals surface area contributed by atoms with Crippen molar-refractivity contribution in [1.29, 1.82) is 0 Å². The van der Waals surface area contributed by atoms with Crippen LogP contribution in [-0.2, 0) is 15.0 Å². The summed E-state index contributed by atoms with van der Waals surface area (Å²) in [6.45, 7) is 12.1. The van der Waals surface area contributed by atoms with E-state index in [1.165, 1.54) is 4.90 Å². The molecule has 4 aromatic rings. The Kier molecular flexibility index (Phi) is 9.69. The van der Waals surface area contributed by atoms with Crippen LogP contribution in [0.1, 0.15) is 69.3 Å². The van der Waals surface area contributed by atoms with Crippen molar-refractivity contribution in [2.24, 2.45) is 0 Å². The normalized spacial score (nSPS) is 12.6. The lowest BCUT2D eigenvalue weighted by Gasteiger charge is -2.33. The van der Waals surface area contributed by atoms with Gasteiger partial charge in [0.2, 0.25) is 5.91 Å². The zero-order valence-corrected chi connectivity index (χ0v) is 24.7. The van der Waals surface area contributed by atoms with E-state index in [-0.39, 0.29) is 17.1 Å². The zero-order valence-electron chi connectivity index (χ0n) is 24.7. The second kappa shape index (κ2) is 12.7. The van der Waals surface area contributed by atoms with Crippen LogP contribution >= 0.6 is 0 Å². The number of rotatable bonds is 5. The molecule has 2 aromatic heterocycles. The molecule has 0 bridgehead atoms. The summed E-state index contributed by atoms with van der Waals surface area (Å²) in [7, 11) is 0. The summed E-state index contributed by atoms with van der Waals surface area (Å²) in [6, 6.07) is 19.6. The second-order valence-corrected chi connectivity index (χ2v) is 11.9. The fourth-order valence-corrected chi connectivity index (χ4v) is 4.10. The van der Waals surface area contributed by atoms with E-state index in [0.717, 1.165) is 10.9 Å². The Bertz CT molecular complexity index is 1540. The number of aromatic nitrogens is 1. The number of nitrogens with zero attached hydrogens (tertiary/aromatic N) is 2. The van der Waals surface area contributed by atoms with Gasteiger partial charge >= 0.3 is 12.1 Å². The van der Waals surface area contributed by atoms with E-state index in [1.807, 2.05) is 75.4 Å². The maximum Gasteiger partial charge on any atom is 0.490 e. The number of carbonyl (C=O) groups excluding carboxylic acids is 2. The molecule has 0 spiro atoms. The number of aliphatic carboxylic acids is 1. The van der Waals surface area contributed by atoms with Crippen LogP contribution < -0.4 is 10.2 Å². The second-order valence-electron chi connectivity index (χ2n) is 11.9. The summed E-state index contributed by atoms with van der Waals surface area (Å²) in [4.78, 5) is 42.5. The Morgan fingerprint density at radius 2 is 1.51 bits per heavy atom. The summed E-state index contributed by atoms with van der Waals surface area (Å²) in [5, 5.41) is 11.0. The number of alkyl halides is 3. The van der Waals surface area contributed by atoms with Crippen molar-refractivity contribution in [3.8, 4) is 0 Å². The fourth-order valence-electron chi connectivity index (χ4n) is 4.10. The van der Waals surface area contributed by atoms with Gasteiger partial charge in [-0.1, -0.05) is 57.2 Å². The smallest absolute Gasteiger partial charge is 0.475 e. The number of para-hydroxylation sites is 1. The molecule has 43 heavy (non-hydrogen) atoms. The number of pyridine rings is 1. The number of hydrogen-bond acceptors (Lipinski definition) is 5. The molecule has 0 saturated carbocycles. The predicted molar refractivity (Wildman–Crippen MR) is 157 cm³/mol. The van der Waals surface area contributed by atoms with Gasteiger partial charge in [0.1, 0.15) is 11.6 Å². The maximum atomic E-state index is 14.1. The van der Waals surface area contributed by atoms with Crippen LogP contribution in [-0.4, -0.2) is 39.6 Å². The van der Waals surface area contributed by atoms with Crippen LogP contribution in [0.25, 0.3) is 11.0 Å². The maximum absolute atomic E-state index is 14.1. The monoisotopic (exact) mass is 597 g/mol. The van der Waals surface area contributed by atoms with E-state index in [1.54, 1.807) is 24.5 Å². The summed E-state index contributed by atoms with van der Waals surface area (Å²) in [6.07, 6.45) is -1.82. The van der Waals surface area contributed by atoms with Gasteiger partial charge in [0, 0.05) is 34.6 Å². The highest BCUT2D eigenvalue weighted by atomic mass is 19.4. The molecule has 0 aliphatic heterocycles. The van der Waals surface area contributed by atoms with Crippen LogP contribution in [0.4, 0.5) is 18.9 Å². The lowest BCUT2D eigenvalue weighted by molar-refractivity contribution is -0.192. The Balaban J connectivity index is 0.000000646. The number of hydrogen-bond donors (Lipinski definition) is 2. The molecule has 11 heteroatoms. The van der Waals surface area contributed by atoms with Crippen LogP contribution in [0.15, 0.2) is 83.5 Å². The lowest BCUT2D eigenvalue weighted by Crippen LogP contribution is -2.49. The molecule has 2 heterocycles. The van der Waals surface area contributed by atoms with E-state index >= 15 is 0 Å². The van der Waals surface area contributed by atoms with Gasteiger partial charge in [0.05, 0.1) is 0 Å². The molecule has 8 nitrogen and oxygen atoms in total. The standard InChI is InChI=1S/C30H33N3O3.C2HF3O2/c1-29(2,3)22-13-15-23(16-14-22)33(28(35)25-18-20-10-7-8-12-24(20)36-25)26(21-11-9-17-31-19-21)27(34)32-30(4,5)6;3-2(4,5)1(6)7/h7-19,26H,1-6H3,(H,32,34);(H,6,7). The molecule has 4 rings (SSSR count). The van der Waals surface area contributed by atoms with Crippen LogP contribution in [0, 0.1) is 0 Å². The fraction of sp³-hybridized carbons (Fsp3) is 0.312. The number of amides is 2. The molecule has 228 valence electrons. The zero-order chi connectivity index (χ0) is 32.2. The first-order valence-corrected chi connectivity index (χ1v) is 13.3. The first kappa shape index (κ1) is 32.8. The topological polar surface area (TPSA) is 113 Å². The van der Waals surface area contributed by atoms with Crippen molar-refractivity contribution in [1.82, 2.24) is 10.3 Å². The third-order valence-corrected chi connectivity index (χ3v) is 6.11. The third-order valence-electron chi connectivity index (χ3n) is 6.11. The molecule has 2 N–H and O–H groups in total. The number of halogens is 3. The highest BCUT2D eigenvalue weighted by Gasteiger charge is 2.38. The van der Waals surface area contributed by atoms with E-state index in [2.05, 4.69) is 31.1 Å². The van der Waals surface area contributed by atoms with Gasteiger partial charge in [-0.2, -0.15) is 13.2 Å². The molecular weight excluding hydrogens is 563 g/mol. The number of fused-ring (bicyclic) bond motifs is 1. The van der Waals surface area contributed by atoms with E-state index in [4.69, 9.17) is 14.3 Å². The Labute approximate surface area is 247 Å². The van der Waals surface area contributed by atoms with Gasteiger partial charge in [-0.25, -0.2) is 4.79 Å². The largest absolute Gasteiger partial charge is 0.490 e. The highest BCUT2D eigenvalue weighted by Crippen LogP contribution is 2.33. The van der Waals surface area contributed by atoms with Crippen molar-refractivity contribution in [3.05, 3.63) is 96.0 Å². The van der Waals surface area contributed by atoms with Crippen molar-refractivity contribution < 1.29 is 37.1 Å². The SMILES string of the molecule is CC(C)(C)NC(=O)C(c1cccnc1)N(C(=O)c1cc2ccccc2o1)c1ccc(C(C)(C)C)cc1.O=C(O)C(F)(F)F. The summed E-state index contributed by atoms with van der Waals surface area (Å²) in [5.41, 5.74) is 2.37. The van der Waals surface area contributed by atoms with Crippen molar-refractivity contribution >= 4 is 34.4 Å². The van der Waals surface area contributed by atoms with Gasteiger partial charge in [-0.05, 0) is 62.1 Å². The average molecular weight is 598 g/mol. The molecular formula is C32H34F3N3O5. The first-order chi connectivity index (χ1) is 19.9. The molecule has 2 amide bonds. The average Bonchev–Trinajstić information content (AvgIpc) is 3.35. The minimum absolute atomic E-state index is 0.0571. The first-order valence-electron chi connectivity index (χ1n) is 13.3. The molecule has 0 saturated heterocycles. The van der Waals surface area contributed by atoms with Crippen molar-refractivity contribution in [2.75, 3.05) is 4.90 Å². The number of nitrogens with one attached hydrogen (secondary N) is 1. The summed E-state index contributed by atoms with van der Waals surface area (Å²) in [5.74, 6) is -3.31. The summed E-state index contributed by atoms with van der Waals surface area (Å²) >= 11 is 0. The minimum atomic E-state index is -5.08. The third kappa shape index (κ3) is 8.67. The Morgan fingerprint density at radius 1 is 0.907 bits per heavy atom. The van der Waals surface area contributed by atoms with Crippen LogP contribution in [0.5, 0.6) is 0 Å². The van der Waals surface area contributed by atoms with E-state index in [0.29, 0.717) is 16.8 Å². The molecule has 1 atom stereocenters. The van der Waals surface area contributed by atoms with Gasteiger partial charge in [0.25, 0.3) is 5.91 Å². The Hall–Kier alpha value is -4.67. The molecule has 0 radical (unpaired) electrons. The molecule has 0 fully saturated rings. The lowest BCUT2D eigenvalue weighted by atomic mass is 9.87. The quantitative estimate of drug-likeness (QED) is 0.255. The van der Waals surface area contributed by atoms with Crippen molar-refractivity contribution in [3.63, 3.8) is 0 Å².